The summed E-state index contributed by atoms with van der Waals surface area (Å²) in [6.45, 7) is 5.92. The van der Waals surface area contributed by atoms with Crippen LogP contribution in [0.2, 0.25) is 0 Å². The van der Waals surface area contributed by atoms with Gasteiger partial charge in [-0.3, -0.25) is 0 Å². The quantitative estimate of drug-likeness (QED) is 0.445. The minimum absolute atomic E-state index is 0.251. The zero-order valence-electron chi connectivity index (χ0n) is 8.69. The van der Waals surface area contributed by atoms with Crippen LogP contribution in [0.4, 0.5) is 0 Å². The van der Waals surface area contributed by atoms with Crippen molar-refractivity contribution in [3.63, 3.8) is 0 Å². The van der Waals surface area contributed by atoms with Gasteiger partial charge in [0.25, 0.3) is 0 Å². The molecule has 0 radical (unpaired) electrons. The van der Waals surface area contributed by atoms with E-state index in [1.807, 2.05) is 45.0 Å². The highest BCUT2D eigenvalue weighted by Gasteiger charge is 2.13. The van der Waals surface area contributed by atoms with E-state index in [9.17, 15) is 0 Å². The molecule has 3 heteroatoms. The zero-order valence-corrected chi connectivity index (χ0v) is 8.69. The molecule has 0 amide bonds. The highest BCUT2D eigenvalue weighted by molar-refractivity contribution is 5.82. The van der Waals surface area contributed by atoms with Gasteiger partial charge in [0, 0.05) is 5.56 Å². The molecule has 0 aliphatic carbocycles. The molecule has 3 nitrogen and oxygen atoms in total. The monoisotopic (exact) mass is 193 g/mol. The van der Waals surface area contributed by atoms with Gasteiger partial charge in [0.05, 0.1) is 6.21 Å². The molecule has 0 atom stereocenters. The van der Waals surface area contributed by atoms with Crippen LogP contribution in [0.1, 0.15) is 26.3 Å². The van der Waals surface area contributed by atoms with Gasteiger partial charge in [-0.2, -0.15) is 0 Å². The molecule has 0 bridgehead atoms. The van der Waals surface area contributed by atoms with Crippen LogP contribution in [0, 0.1) is 0 Å². The Balaban J connectivity index is 2.96. The van der Waals surface area contributed by atoms with Crippen LogP contribution in [0.15, 0.2) is 29.4 Å². The second kappa shape index (κ2) is 4.13. The Kier molecular flexibility index (Phi) is 3.12. The lowest BCUT2D eigenvalue weighted by Gasteiger charge is -2.22. The van der Waals surface area contributed by atoms with Gasteiger partial charge in [0.15, 0.2) is 0 Å². The van der Waals surface area contributed by atoms with E-state index in [1.54, 1.807) is 0 Å². The maximum atomic E-state index is 8.46. The van der Waals surface area contributed by atoms with Crippen LogP contribution < -0.4 is 4.74 Å². The van der Waals surface area contributed by atoms with Gasteiger partial charge in [-0.25, -0.2) is 0 Å². The third kappa shape index (κ3) is 3.09. The summed E-state index contributed by atoms with van der Waals surface area (Å²) >= 11 is 0. The van der Waals surface area contributed by atoms with Crippen molar-refractivity contribution in [1.29, 1.82) is 0 Å². The van der Waals surface area contributed by atoms with Crippen molar-refractivity contribution in [2.24, 2.45) is 5.16 Å². The van der Waals surface area contributed by atoms with Crippen LogP contribution in [-0.2, 0) is 0 Å². The Morgan fingerprint density at radius 3 is 2.50 bits per heavy atom. The first-order chi connectivity index (χ1) is 6.53. The van der Waals surface area contributed by atoms with Crippen LogP contribution in [0.25, 0.3) is 0 Å². The van der Waals surface area contributed by atoms with Crippen molar-refractivity contribution in [2.75, 3.05) is 0 Å². The Morgan fingerprint density at radius 2 is 1.93 bits per heavy atom. The van der Waals surface area contributed by atoms with Crippen molar-refractivity contribution in [3.8, 4) is 5.75 Å². The minimum atomic E-state index is -0.251. The average molecular weight is 193 g/mol. The molecule has 0 saturated heterocycles. The van der Waals surface area contributed by atoms with Crippen LogP contribution in [0.3, 0.4) is 0 Å². The van der Waals surface area contributed by atoms with Gasteiger partial charge >= 0.3 is 0 Å². The Morgan fingerprint density at radius 1 is 1.29 bits per heavy atom. The van der Waals surface area contributed by atoms with Gasteiger partial charge in [0.2, 0.25) is 0 Å². The summed E-state index contributed by atoms with van der Waals surface area (Å²) in [5, 5.41) is 11.4. The van der Waals surface area contributed by atoms with E-state index < -0.39 is 0 Å². The molecule has 1 aromatic carbocycles. The number of oxime groups is 1. The SMILES string of the molecule is CC(C)(C)Oc1ccccc1/C=N\O. The fourth-order valence-corrected chi connectivity index (χ4v) is 1.07. The summed E-state index contributed by atoms with van der Waals surface area (Å²) in [4.78, 5) is 0. The topological polar surface area (TPSA) is 41.8 Å². The molecular weight excluding hydrogens is 178 g/mol. The van der Waals surface area contributed by atoms with Gasteiger partial charge in [-0.15, -0.1) is 0 Å². The summed E-state index contributed by atoms with van der Waals surface area (Å²) in [6.07, 6.45) is 1.36. The highest BCUT2D eigenvalue weighted by Crippen LogP contribution is 2.21. The normalized spacial score (nSPS) is 11.9. The van der Waals surface area contributed by atoms with E-state index in [2.05, 4.69) is 5.16 Å². The Labute approximate surface area is 84.0 Å². The molecule has 1 aromatic rings. The molecule has 0 unspecified atom stereocenters. The maximum absolute atomic E-state index is 8.46. The van der Waals surface area contributed by atoms with E-state index in [0.29, 0.717) is 0 Å². The predicted molar refractivity (Wildman–Crippen MR) is 56.2 cm³/mol. The Hall–Kier alpha value is -1.51. The summed E-state index contributed by atoms with van der Waals surface area (Å²) in [5.41, 5.74) is 0.518. The molecule has 1 N–H and O–H groups in total. The first kappa shape index (κ1) is 10.6. The van der Waals surface area contributed by atoms with Crippen LogP contribution >= 0.6 is 0 Å². The van der Waals surface area contributed by atoms with Crippen molar-refractivity contribution in [3.05, 3.63) is 29.8 Å². The highest BCUT2D eigenvalue weighted by atomic mass is 16.5. The van der Waals surface area contributed by atoms with Crippen LogP contribution in [-0.4, -0.2) is 17.0 Å². The second-order valence-electron chi connectivity index (χ2n) is 4.00. The first-order valence-corrected chi connectivity index (χ1v) is 4.48. The van der Waals surface area contributed by atoms with Gasteiger partial charge in [-0.05, 0) is 32.9 Å². The number of ether oxygens (including phenoxy) is 1. The van der Waals surface area contributed by atoms with Gasteiger partial charge in [0.1, 0.15) is 11.4 Å². The van der Waals surface area contributed by atoms with E-state index in [0.717, 1.165) is 11.3 Å². The van der Waals surface area contributed by atoms with Crippen LogP contribution in [0.5, 0.6) is 5.75 Å². The molecular formula is C11H15NO2. The molecule has 0 heterocycles. The lowest BCUT2D eigenvalue weighted by Crippen LogP contribution is -2.23. The molecule has 0 aromatic heterocycles. The number of hydrogen-bond acceptors (Lipinski definition) is 3. The summed E-state index contributed by atoms with van der Waals surface area (Å²) < 4.78 is 5.68. The number of nitrogens with zero attached hydrogens (tertiary/aromatic N) is 1. The maximum Gasteiger partial charge on any atom is 0.128 e. The molecule has 76 valence electrons. The van der Waals surface area contributed by atoms with Crippen molar-refractivity contribution >= 4 is 6.21 Å². The van der Waals surface area contributed by atoms with Gasteiger partial charge in [-0.1, -0.05) is 17.3 Å². The molecule has 14 heavy (non-hydrogen) atoms. The number of rotatable bonds is 2. The number of para-hydroxylation sites is 1. The van der Waals surface area contributed by atoms with E-state index in [-0.39, 0.29) is 5.60 Å². The van der Waals surface area contributed by atoms with Gasteiger partial charge < -0.3 is 9.94 Å². The molecule has 0 saturated carbocycles. The minimum Gasteiger partial charge on any atom is -0.487 e. The number of benzene rings is 1. The first-order valence-electron chi connectivity index (χ1n) is 4.48. The fraction of sp³-hybridized carbons (Fsp3) is 0.364. The third-order valence-electron chi connectivity index (χ3n) is 1.53. The molecule has 1 rings (SSSR count). The lowest BCUT2D eigenvalue weighted by molar-refractivity contribution is 0.130. The second-order valence-corrected chi connectivity index (χ2v) is 4.00. The van der Waals surface area contributed by atoms with Crippen molar-refractivity contribution in [1.82, 2.24) is 0 Å². The summed E-state index contributed by atoms with van der Waals surface area (Å²) in [6, 6.07) is 7.44. The molecule has 0 aliphatic heterocycles. The predicted octanol–water partition coefficient (Wildman–Crippen LogP) is 2.67. The lowest BCUT2D eigenvalue weighted by atomic mass is 10.1. The average Bonchev–Trinajstić information content (AvgIpc) is 2.06. The van der Waals surface area contributed by atoms with E-state index >= 15 is 0 Å². The Bertz CT molecular complexity index is 326. The zero-order chi connectivity index (χ0) is 10.6. The largest absolute Gasteiger partial charge is 0.487 e. The van der Waals surface area contributed by atoms with Crippen molar-refractivity contribution < 1.29 is 9.94 Å². The summed E-state index contributed by atoms with van der Waals surface area (Å²) in [5.74, 6) is 0.720. The van der Waals surface area contributed by atoms with E-state index in [4.69, 9.17) is 9.94 Å². The molecule has 0 aliphatic rings. The smallest absolute Gasteiger partial charge is 0.128 e. The fourth-order valence-electron chi connectivity index (χ4n) is 1.07. The molecule has 0 fully saturated rings. The molecule has 0 spiro atoms. The standard InChI is InChI=1S/C11H15NO2/c1-11(2,3)14-10-7-5-4-6-9(10)8-12-13/h4-8,13H,1-3H3/b12-8-. The summed E-state index contributed by atoms with van der Waals surface area (Å²) in [7, 11) is 0. The number of hydrogen-bond donors (Lipinski definition) is 1. The third-order valence-corrected chi connectivity index (χ3v) is 1.53. The van der Waals surface area contributed by atoms with E-state index in [1.165, 1.54) is 6.21 Å². The van der Waals surface area contributed by atoms with Crippen molar-refractivity contribution in [2.45, 2.75) is 26.4 Å².